The second-order valence-electron chi connectivity index (χ2n) is 4.82. The van der Waals surface area contributed by atoms with Gasteiger partial charge in [0.2, 0.25) is 0 Å². The van der Waals surface area contributed by atoms with Crippen LogP contribution in [0.2, 0.25) is 0 Å². The maximum atomic E-state index is 5.09. The number of anilines is 1. The number of nitrogen functional groups attached to an aromatic ring is 1. The molecule has 3 aromatic rings. The van der Waals surface area contributed by atoms with Crippen LogP contribution in [-0.2, 0) is 0 Å². The second-order valence-corrected chi connectivity index (χ2v) is 7.36. The third-order valence-corrected chi connectivity index (χ3v) is 4.03. The average molecular weight is 564 g/mol. The molecule has 0 aliphatic heterocycles. The molecule has 0 aliphatic carbocycles. The molecular formula is C17H22Br3N7. The van der Waals surface area contributed by atoms with Crippen LogP contribution < -0.4 is 23.0 Å². The van der Waals surface area contributed by atoms with E-state index in [0.717, 1.165) is 19.2 Å². The Morgan fingerprint density at radius 3 is 1.48 bits per heavy atom. The van der Waals surface area contributed by atoms with Crippen LogP contribution in [0.3, 0.4) is 0 Å². The summed E-state index contributed by atoms with van der Waals surface area (Å²) >= 11 is 9.71. The van der Waals surface area contributed by atoms with Gasteiger partial charge in [-0.1, -0.05) is 12.1 Å². The van der Waals surface area contributed by atoms with E-state index in [-0.39, 0.29) is 0 Å². The maximum absolute atomic E-state index is 5.09. The third kappa shape index (κ3) is 13.4. The van der Waals surface area contributed by atoms with Crippen molar-refractivity contribution in [3.8, 4) is 0 Å². The normalized spacial score (nSPS) is 8.74. The molecule has 3 aromatic heterocycles. The van der Waals surface area contributed by atoms with Crippen LogP contribution in [0.5, 0.6) is 0 Å². The van der Waals surface area contributed by atoms with E-state index in [9.17, 15) is 0 Å². The Kier molecular flexibility index (Phi) is 14.8. The summed E-state index contributed by atoms with van der Waals surface area (Å²) in [6.45, 7) is 3.99. The summed E-state index contributed by atoms with van der Waals surface area (Å²) in [5.74, 6) is 13.8. The fourth-order valence-corrected chi connectivity index (χ4v) is 2.06. The number of nitrogens with one attached hydrogen (secondary N) is 1. The van der Waals surface area contributed by atoms with Crippen molar-refractivity contribution < 1.29 is 0 Å². The first-order valence-corrected chi connectivity index (χ1v) is 9.86. The lowest BCUT2D eigenvalue weighted by atomic mass is 10.3. The zero-order valence-corrected chi connectivity index (χ0v) is 19.7. The van der Waals surface area contributed by atoms with E-state index in [1.165, 1.54) is 5.56 Å². The van der Waals surface area contributed by atoms with Crippen LogP contribution in [-0.4, -0.2) is 15.0 Å². The number of nitrogens with two attached hydrogens (primary N) is 3. The summed E-state index contributed by atoms with van der Waals surface area (Å²) in [5, 5.41) is 0. The Morgan fingerprint density at radius 1 is 0.704 bits per heavy atom. The molecule has 3 rings (SSSR count). The molecule has 0 fully saturated rings. The summed E-state index contributed by atoms with van der Waals surface area (Å²) in [6, 6.07) is 11.5. The molecule has 27 heavy (non-hydrogen) atoms. The Morgan fingerprint density at radius 2 is 1.19 bits per heavy atom. The van der Waals surface area contributed by atoms with Gasteiger partial charge in [-0.15, -0.1) is 0 Å². The molecule has 0 saturated heterocycles. The van der Waals surface area contributed by atoms with Gasteiger partial charge in [0, 0.05) is 23.1 Å². The standard InChI is InChI=1S/C6H6BrN.C6H9N3.C5H3Br2N.H4N2/c1-5-2-3-6(7)8-4-5;1-5-2-3-6(9-7)8-4-5;6-4-1-2-5(7)8-3-4;1-2/h2-4H,1H3;2-4H,7H2,1H3,(H,8,9);1-3H;1-2H2. The Bertz CT molecular complexity index is 650. The first-order chi connectivity index (χ1) is 12.9. The summed E-state index contributed by atoms with van der Waals surface area (Å²) < 4.78 is 2.75. The number of halogens is 3. The summed E-state index contributed by atoms with van der Waals surface area (Å²) in [6.07, 6.45) is 5.32. The molecule has 0 amide bonds. The van der Waals surface area contributed by atoms with E-state index >= 15 is 0 Å². The highest BCUT2D eigenvalue weighted by Gasteiger charge is 1.86. The predicted molar refractivity (Wildman–Crippen MR) is 121 cm³/mol. The van der Waals surface area contributed by atoms with Crippen LogP contribution in [0.25, 0.3) is 0 Å². The number of aryl methyl sites for hydroxylation is 2. The lowest BCUT2D eigenvalue weighted by Crippen LogP contribution is -2.07. The van der Waals surface area contributed by atoms with Crippen molar-refractivity contribution in [2.24, 2.45) is 17.5 Å². The molecule has 10 heteroatoms. The second kappa shape index (κ2) is 15.6. The van der Waals surface area contributed by atoms with E-state index in [2.05, 4.69) is 79.9 Å². The minimum atomic E-state index is 0.695. The zero-order chi connectivity index (χ0) is 20.7. The van der Waals surface area contributed by atoms with Crippen LogP contribution in [0, 0.1) is 13.8 Å². The Balaban J connectivity index is 0.000000359. The Hall–Kier alpha value is -1.43. The number of pyridine rings is 3. The highest BCUT2D eigenvalue weighted by Crippen LogP contribution is 2.10. The number of aromatic nitrogens is 3. The van der Waals surface area contributed by atoms with Gasteiger partial charge in [-0.25, -0.2) is 20.8 Å². The van der Waals surface area contributed by atoms with Crippen LogP contribution in [0.4, 0.5) is 5.82 Å². The molecule has 146 valence electrons. The SMILES string of the molecule is Brc1ccc(Br)nc1.Cc1ccc(Br)nc1.Cc1ccc(NN)nc1.NN. The quantitative estimate of drug-likeness (QED) is 0.198. The molecule has 7 N–H and O–H groups in total. The number of hydrogen-bond acceptors (Lipinski definition) is 7. The number of hydrogen-bond donors (Lipinski definition) is 4. The first kappa shape index (κ1) is 25.6. The van der Waals surface area contributed by atoms with Crippen molar-refractivity contribution in [3.63, 3.8) is 0 Å². The van der Waals surface area contributed by atoms with Crippen LogP contribution in [0.1, 0.15) is 11.1 Å². The topological polar surface area (TPSA) is 129 Å². The maximum Gasteiger partial charge on any atom is 0.139 e. The van der Waals surface area contributed by atoms with Gasteiger partial charge >= 0.3 is 0 Å². The number of hydrazine groups is 2. The van der Waals surface area contributed by atoms with Gasteiger partial charge in [0.25, 0.3) is 0 Å². The lowest BCUT2D eigenvalue weighted by molar-refractivity contribution is 1.20. The lowest BCUT2D eigenvalue weighted by Gasteiger charge is -1.96. The van der Waals surface area contributed by atoms with E-state index in [1.54, 1.807) is 12.4 Å². The molecular weight excluding hydrogens is 542 g/mol. The van der Waals surface area contributed by atoms with E-state index in [1.807, 2.05) is 56.4 Å². The molecule has 0 unspecified atom stereocenters. The first-order valence-electron chi connectivity index (χ1n) is 7.48. The van der Waals surface area contributed by atoms with Crippen LogP contribution >= 0.6 is 47.8 Å². The largest absolute Gasteiger partial charge is 0.308 e. The average Bonchev–Trinajstić information content (AvgIpc) is 2.70. The van der Waals surface area contributed by atoms with E-state index in [0.29, 0.717) is 5.82 Å². The monoisotopic (exact) mass is 561 g/mol. The minimum Gasteiger partial charge on any atom is -0.308 e. The number of nitrogens with zero attached hydrogens (tertiary/aromatic N) is 3. The zero-order valence-electron chi connectivity index (χ0n) is 14.9. The third-order valence-electron chi connectivity index (χ3n) is 2.63. The minimum absolute atomic E-state index is 0.695. The van der Waals surface area contributed by atoms with Crippen molar-refractivity contribution in [1.82, 2.24) is 15.0 Å². The van der Waals surface area contributed by atoms with Gasteiger partial charge in [0.15, 0.2) is 0 Å². The van der Waals surface area contributed by atoms with Gasteiger partial charge in [-0.05, 0) is 97.0 Å². The Labute approximate surface area is 184 Å². The fourth-order valence-electron chi connectivity index (χ4n) is 1.36. The molecule has 0 atom stereocenters. The van der Waals surface area contributed by atoms with Gasteiger partial charge in [0.1, 0.15) is 15.0 Å². The van der Waals surface area contributed by atoms with Crippen molar-refractivity contribution >= 4 is 53.6 Å². The van der Waals surface area contributed by atoms with Crippen molar-refractivity contribution in [2.45, 2.75) is 13.8 Å². The van der Waals surface area contributed by atoms with Crippen molar-refractivity contribution in [1.29, 1.82) is 0 Å². The molecule has 0 spiro atoms. The smallest absolute Gasteiger partial charge is 0.139 e. The van der Waals surface area contributed by atoms with E-state index in [4.69, 9.17) is 5.84 Å². The van der Waals surface area contributed by atoms with Gasteiger partial charge in [0.05, 0.1) is 0 Å². The van der Waals surface area contributed by atoms with Crippen LogP contribution in [0.15, 0.2) is 68.7 Å². The predicted octanol–water partition coefficient (Wildman–Crippen LogP) is 4.25. The molecule has 0 radical (unpaired) electrons. The highest BCUT2D eigenvalue weighted by atomic mass is 79.9. The van der Waals surface area contributed by atoms with Gasteiger partial charge in [-0.2, -0.15) is 0 Å². The molecule has 0 aromatic carbocycles. The summed E-state index contributed by atoms with van der Waals surface area (Å²) in [4.78, 5) is 11.9. The molecule has 3 heterocycles. The molecule has 7 nitrogen and oxygen atoms in total. The number of rotatable bonds is 1. The fraction of sp³-hybridized carbons (Fsp3) is 0.118. The van der Waals surface area contributed by atoms with Gasteiger partial charge < -0.3 is 5.43 Å². The molecule has 0 saturated carbocycles. The van der Waals surface area contributed by atoms with Crippen molar-refractivity contribution in [2.75, 3.05) is 5.43 Å². The summed E-state index contributed by atoms with van der Waals surface area (Å²) in [7, 11) is 0. The van der Waals surface area contributed by atoms with E-state index < -0.39 is 0 Å². The summed E-state index contributed by atoms with van der Waals surface area (Å²) in [5.41, 5.74) is 4.76. The molecule has 0 bridgehead atoms. The molecule has 0 aliphatic rings. The highest BCUT2D eigenvalue weighted by molar-refractivity contribution is 9.11. The van der Waals surface area contributed by atoms with Gasteiger partial charge in [-0.3, -0.25) is 11.7 Å². The van der Waals surface area contributed by atoms with Crippen molar-refractivity contribution in [3.05, 3.63) is 79.8 Å².